The van der Waals surface area contributed by atoms with Crippen LogP contribution in [0.25, 0.3) is 0 Å². The predicted molar refractivity (Wildman–Crippen MR) is 101 cm³/mol. The highest BCUT2D eigenvalue weighted by molar-refractivity contribution is 4.95. The van der Waals surface area contributed by atoms with Gasteiger partial charge in [-0.05, 0) is 0 Å². The number of rotatable bonds is 7. The van der Waals surface area contributed by atoms with E-state index in [0.29, 0.717) is 0 Å². The Bertz CT molecular complexity index is 639. The van der Waals surface area contributed by atoms with Crippen molar-refractivity contribution in [3.8, 4) is 0 Å². The van der Waals surface area contributed by atoms with E-state index < -0.39 is 112 Å². The van der Waals surface area contributed by atoms with Crippen molar-refractivity contribution < 1.29 is 79.9 Å². The molecule has 3 aliphatic heterocycles. The molecule has 3 saturated heterocycles. The van der Waals surface area contributed by atoms with Crippen molar-refractivity contribution in [1.29, 1.82) is 0 Å². The van der Waals surface area contributed by atoms with E-state index in [1.165, 1.54) is 0 Å². The van der Waals surface area contributed by atoms with E-state index >= 15 is 0 Å². The Morgan fingerprint density at radius 2 is 0.853 bits per heavy atom. The minimum atomic E-state index is -1.90. The number of hydrogen-bond donors (Lipinski definition) is 11. The average Bonchev–Trinajstić information content (AvgIpc) is 2.83. The summed E-state index contributed by atoms with van der Waals surface area (Å²) in [4.78, 5) is 0. The summed E-state index contributed by atoms with van der Waals surface area (Å²) in [6, 6.07) is 0. The molecule has 3 aliphatic rings. The Morgan fingerprint density at radius 3 is 1.38 bits per heavy atom. The van der Waals surface area contributed by atoms with Crippen LogP contribution in [0.3, 0.4) is 0 Å². The molecule has 34 heavy (non-hydrogen) atoms. The molecule has 0 aromatic rings. The molecule has 0 aromatic heterocycles. The van der Waals surface area contributed by atoms with Crippen LogP contribution in [0.5, 0.6) is 0 Å². The molecule has 16 nitrogen and oxygen atoms in total. The molecule has 200 valence electrons. The lowest BCUT2D eigenvalue weighted by atomic mass is 9.96. The number of aliphatic hydroxyl groups excluding tert-OH is 11. The smallest absolute Gasteiger partial charge is 0.187 e. The molecule has 1 unspecified atom stereocenters. The van der Waals surface area contributed by atoms with Gasteiger partial charge in [-0.1, -0.05) is 0 Å². The van der Waals surface area contributed by atoms with Gasteiger partial charge in [0.05, 0.1) is 19.8 Å². The lowest BCUT2D eigenvalue weighted by molar-refractivity contribution is -0.391. The molecule has 0 saturated carbocycles. The van der Waals surface area contributed by atoms with Crippen molar-refractivity contribution >= 4 is 0 Å². The molecular formula is C18H32O16. The lowest BCUT2D eigenvalue weighted by Gasteiger charge is -2.48. The van der Waals surface area contributed by atoms with E-state index in [1.807, 2.05) is 0 Å². The van der Waals surface area contributed by atoms with E-state index in [9.17, 15) is 56.2 Å². The molecular weight excluding hydrogens is 472 g/mol. The van der Waals surface area contributed by atoms with Crippen LogP contribution in [0, 0.1) is 0 Å². The van der Waals surface area contributed by atoms with Crippen molar-refractivity contribution in [2.24, 2.45) is 0 Å². The van der Waals surface area contributed by atoms with Crippen LogP contribution in [-0.4, -0.2) is 168 Å². The average molecular weight is 504 g/mol. The Balaban J connectivity index is 1.82. The summed E-state index contributed by atoms with van der Waals surface area (Å²) in [6.07, 6.45) is -25.7. The van der Waals surface area contributed by atoms with Gasteiger partial charge < -0.3 is 79.9 Å². The zero-order valence-electron chi connectivity index (χ0n) is 17.7. The number of aliphatic hydroxyl groups is 11. The van der Waals surface area contributed by atoms with Crippen LogP contribution in [-0.2, 0) is 23.7 Å². The molecule has 0 bridgehead atoms. The first kappa shape index (κ1) is 27.9. The third-order valence-electron chi connectivity index (χ3n) is 6.10. The quantitative estimate of drug-likeness (QED) is 0.154. The van der Waals surface area contributed by atoms with Crippen LogP contribution in [0.15, 0.2) is 0 Å². The Hall–Kier alpha value is -0.640. The van der Waals surface area contributed by atoms with Gasteiger partial charge in [-0.2, -0.15) is 0 Å². The molecule has 3 heterocycles. The summed E-state index contributed by atoms with van der Waals surface area (Å²) in [5, 5.41) is 109. The van der Waals surface area contributed by atoms with E-state index in [2.05, 4.69) is 0 Å². The van der Waals surface area contributed by atoms with Crippen LogP contribution in [0.1, 0.15) is 0 Å². The molecule has 0 amide bonds. The molecule has 16 heteroatoms. The zero-order valence-corrected chi connectivity index (χ0v) is 17.7. The molecule has 3 fully saturated rings. The summed E-state index contributed by atoms with van der Waals surface area (Å²) < 4.78 is 26.5. The van der Waals surface area contributed by atoms with E-state index in [-0.39, 0.29) is 0 Å². The maximum absolute atomic E-state index is 10.6. The third-order valence-corrected chi connectivity index (χ3v) is 6.10. The summed E-state index contributed by atoms with van der Waals surface area (Å²) in [7, 11) is 0. The monoisotopic (exact) mass is 504 g/mol. The van der Waals surface area contributed by atoms with Gasteiger partial charge in [-0.25, -0.2) is 0 Å². The highest BCUT2D eigenvalue weighted by Gasteiger charge is 2.53. The van der Waals surface area contributed by atoms with Crippen LogP contribution in [0.2, 0.25) is 0 Å². The minimum Gasteiger partial charge on any atom is -0.394 e. The fourth-order valence-electron chi connectivity index (χ4n) is 4.02. The van der Waals surface area contributed by atoms with Crippen molar-refractivity contribution in [2.45, 2.75) is 92.1 Å². The van der Waals surface area contributed by atoms with Crippen LogP contribution >= 0.6 is 0 Å². The molecule has 15 atom stereocenters. The SMILES string of the molecule is OC[C@H]1O[C@H](O[C@H]2[C@H](O[C@H]3C(O)O[C@H](CO)[C@@H](O)[C@@H]3O)O[C@H](CO)[C@@H](O)[C@@H]2O)[C@H](O)[C@@H](O)[C@@H]1O. The third kappa shape index (κ3) is 5.37. The van der Waals surface area contributed by atoms with Crippen molar-refractivity contribution in [3.63, 3.8) is 0 Å². The molecule has 0 radical (unpaired) electrons. The van der Waals surface area contributed by atoms with Gasteiger partial charge in [0, 0.05) is 0 Å². The fraction of sp³-hybridized carbons (Fsp3) is 1.00. The van der Waals surface area contributed by atoms with Gasteiger partial charge in [0.25, 0.3) is 0 Å². The minimum absolute atomic E-state index is 0.734. The zero-order chi connectivity index (χ0) is 25.3. The molecule has 0 aliphatic carbocycles. The molecule has 11 N–H and O–H groups in total. The highest BCUT2D eigenvalue weighted by atomic mass is 16.8. The summed E-state index contributed by atoms with van der Waals surface area (Å²) in [5.41, 5.74) is 0. The lowest BCUT2D eigenvalue weighted by Crippen LogP contribution is -2.66. The Morgan fingerprint density at radius 1 is 0.441 bits per heavy atom. The largest absolute Gasteiger partial charge is 0.394 e. The second kappa shape index (κ2) is 11.6. The van der Waals surface area contributed by atoms with Crippen molar-refractivity contribution in [3.05, 3.63) is 0 Å². The van der Waals surface area contributed by atoms with Gasteiger partial charge in [-0.3, -0.25) is 0 Å². The standard InChI is InChI=1S/C18H32O16/c19-1-4-8(23)11(26)14(16(29)30-4)33-18-15(12(27)9(24)6(3-21)32-18)34-17-13(28)10(25)7(22)5(2-20)31-17/h4-29H,1-3H2/t4-,5-,6-,7-,8-,9-,10+,11+,12+,13-,14-,15-,16?,17-,18+/m1/s1. The van der Waals surface area contributed by atoms with Crippen molar-refractivity contribution in [2.75, 3.05) is 19.8 Å². The predicted octanol–water partition coefficient (Wildman–Crippen LogP) is -7.57. The van der Waals surface area contributed by atoms with Crippen LogP contribution < -0.4 is 0 Å². The van der Waals surface area contributed by atoms with Gasteiger partial charge in [0.2, 0.25) is 0 Å². The molecule has 0 aromatic carbocycles. The van der Waals surface area contributed by atoms with Crippen LogP contribution in [0.4, 0.5) is 0 Å². The van der Waals surface area contributed by atoms with Crippen molar-refractivity contribution in [1.82, 2.24) is 0 Å². The van der Waals surface area contributed by atoms with E-state index in [4.69, 9.17) is 23.7 Å². The second-order valence-corrected chi connectivity index (χ2v) is 8.33. The topological polar surface area (TPSA) is 269 Å². The number of hydrogen-bond acceptors (Lipinski definition) is 16. The van der Waals surface area contributed by atoms with E-state index in [0.717, 1.165) is 0 Å². The first-order valence-electron chi connectivity index (χ1n) is 10.6. The normalized spacial score (nSPS) is 52.5. The first-order chi connectivity index (χ1) is 16.0. The van der Waals surface area contributed by atoms with E-state index in [1.54, 1.807) is 0 Å². The maximum atomic E-state index is 10.6. The van der Waals surface area contributed by atoms with Gasteiger partial charge >= 0.3 is 0 Å². The maximum Gasteiger partial charge on any atom is 0.187 e. The van der Waals surface area contributed by atoms with Gasteiger partial charge in [0.15, 0.2) is 18.9 Å². The summed E-state index contributed by atoms with van der Waals surface area (Å²) in [5.74, 6) is 0. The molecule has 0 spiro atoms. The summed E-state index contributed by atoms with van der Waals surface area (Å²) in [6.45, 7) is -2.31. The van der Waals surface area contributed by atoms with Gasteiger partial charge in [0.1, 0.15) is 73.2 Å². The summed E-state index contributed by atoms with van der Waals surface area (Å²) >= 11 is 0. The Kier molecular flexibility index (Phi) is 9.54. The molecule has 3 rings (SSSR count). The van der Waals surface area contributed by atoms with Gasteiger partial charge in [-0.15, -0.1) is 0 Å². The Labute approximate surface area is 192 Å². The fourth-order valence-corrected chi connectivity index (χ4v) is 4.02. The first-order valence-corrected chi connectivity index (χ1v) is 10.6. The number of ether oxygens (including phenoxy) is 5. The second-order valence-electron chi connectivity index (χ2n) is 8.33. The highest BCUT2D eigenvalue weighted by Crippen LogP contribution is 2.32.